The Labute approximate surface area is 166 Å². The van der Waals surface area contributed by atoms with Gasteiger partial charge in [-0.2, -0.15) is 0 Å². The molecule has 2 heterocycles. The van der Waals surface area contributed by atoms with Crippen molar-refractivity contribution in [1.29, 1.82) is 0 Å². The fourth-order valence-corrected chi connectivity index (χ4v) is 4.78. The fourth-order valence-electron chi connectivity index (χ4n) is 4.31. The summed E-state index contributed by atoms with van der Waals surface area (Å²) in [5, 5.41) is 0.621. The van der Waals surface area contributed by atoms with Crippen LogP contribution in [0.1, 0.15) is 44.6 Å². The lowest BCUT2D eigenvalue weighted by atomic mass is 10.1. The molecule has 0 aliphatic heterocycles. The lowest BCUT2D eigenvalue weighted by molar-refractivity contribution is 0.450. The molecule has 27 heavy (non-hydrogen) atoms. The predicted molar refractivity (Wildman–Crippen MR) is 112 cm³/mol. The van der Waals surface area contributed by atoms with Gasteiger partial charge in [-0.15, -0.1) is 0 Å². The molecule has 1 saturated carbocycles. The number of nitrogens with zero attached hydrogens (tertiary/aromatic N) is 3. The van der Waals surface area contributed by atoms with Gasteiger partial charge >= 0.3 is 5.69 Å². The van der Waals surface area contributed by atoms with E-state index in [0.717, 1.165) is 28.6 Å². The van der Waals surface area contributed by atoms with Crippen molar-refractivity contribution in [2.45, 2.75) is 44.6 Å². The van der Waals surface area contributed by atoms with Crippen molar-refractivity contribution in [2.75, 3.05) is 0 Å². The zero-order chi connectivity index (χ0) is 19.1. The van der Waals surface area contributed by atoms with Gasteiger partial charge in [-0.25, -0.2) is 4.79 Å². The second-order valence-electron chi connectivity index (χ2n) is 7.48. The molecule has 4 rings (SSSR count). The molecule has 1 aliphatic carbocycles. The Morgan fingerprint density at radius 2 is 1.63 bits per heavy atom. The fraction of sp³-hybridized carbons (Fsp3) is 0.429. The van der Waals surface area contributed by atoms with Crippen molar-refractivity contribution in [3.05, 3.63) is 55.8 Å². The Hall–Kier alpha value is -2.08. The molecule has 142 valence electrons. The first-order valence-corrected chi connectivity index (χ1v) is 10.4. The van der Waals surface area contributed by atoms with Crippen LogP contribution in [0.3, 0.4) is 0 Å². The first-order valence-electron chi connectivity index (χ1n) is 9.56. The van der Waals surface area contributed by atoms with E-state index in [1.54, 1.807) is 18.7 Å². The van der Waals surface area contributed by atoms with Gasteiger partial charge in [-0.3, -0.25) is 13.9 Å². The molecular weight excluding hydrogens is 406 g/mol. The molecule has 2 aromatic heterocycles. The maximum Gasteiger partial charge on any atom is 0.330 e. The summed E-state index contributed by atoms with van der Waals surface area (Å²) in [5.74, 6) is 0. The lowest BCUT2D eigenvalue weighted by Gasteiger charge is -2.20. The number of aryl methyl sites for hydroxylation is 1. The van der Waals surface area contributed by atoms with Gasteiger partial charge in [-0.05, 0) is 18.9 Å². The summed E-state index contributed by atoms with van der Waals surface area (Å²) in [5.41, 5.74) is 2.10. The Bertz CT molecular complexity index is 1110. The zero-order valence-electron chi connectivity index (χ0n) is 15.7. The summed E-state index contributed by atoms with van der Waals surface area (Å²) < 4.78 is 6.01. The van der Waals surface area contributed by atoms with E-state index < -0.39 is 0 Å². The number of rotatable bonds is 2. The lowest BCUT2D eigenvalue weighted by Crippen LogP contribution is -2.36. The smallest absolute Gasteiger partial charge is 0.330 e. The van der Waals surface area contributed by atoms with Crippen molar-refractivity contribution < 1.29 is 0 Å². The maximum absolute atomic E-state index is 13.1. The predicted octanol–water partition coefficient (Wildman–Crippen LogP) is 4.36. The van der Waals surface area contributed by atoms with Crippen LogP contribution in [0.5, 0.6) is 0 Å². The third kappa shape index (κ3) is 3.00. The Kier molecular flexibility index (Phi) is 4.84. The topological polar surface area (TPSA) is 48.9 Å². The second-order valence-corrected chi connectivity index (χ2v) is 8.33. The molecule has 1 fully saturated rings. The average Bonchev–Trinajstić information content (AvgIpc) is 2.86. The highest BCUT2D eigenvalue weighted by molar-refractivity contribution is 9.10. The van der Waals surface area contributed by atoms with Gasteiger partial charge in [0, 0.05) is 36.4 Å². The van der Waals surface area contributed by atoms with Gasteiger partial charge in [0.05, 0.1) is 16.6 Å². The molecule has 3 aromatic rings. The first-order chi connectivity index (χ1) is 13.0. The molecule has 0 atom stereocenters. The first kappa shape index (κ1) is 18.3. The summed E-state index contributed by atoms with van der Waals surface area (Å²) in [6.45, 7) is 0. The summed E-state index contributed by atoms with van der Waals surface area (Å²) in [6, 6.07) is 8.35. The standard InChI is InChI=1S/C21H24BrN3O2/c1-23-17-13-25(14-9-5-3-4-6-10-14)19(15-11-7-8-12-16(15)22)18(17)20(26)24(2)21(23)27/h7-8,11-14H,3-6,9-10H2,1-2H3. The molecule has 0 N–H and O–H groups in total. The number of aromatic nitrogens is 3. The molecule has 1 aromatic carbocycles. The van der Waals surface area contributed by atoms with Crippen LogP contribution in [0.25, 0.3) is 22.2 Å². The summed E-state index contributed by atoms with van der Waals surface area (Å²) >= 11 is 3.66. The van der Waals surface area contributed by atoms with E-state index in [1.165, 1.54) is 30.3 Å². The summed E-state index contributed by atoms with van der Waals surface area (Å²) in [7, 11) is 3.29. The highest BCUT2D eigenvalue weighted by Crippen LogP contribution is 2.38. The van der Waals surface area contributed by atoms with Crippen LogP contribution < -0.4 is 11.2 Å². The van der Waals surface area contributed by atoms with E-state index in [0.29, 0.717) is 16.9 Å². The van der Waals surface area contributed by atoms with E-state index >= 15 is 0 Å². The highest BCUT2D eigenvalue weighted by Gasteiger charge is 2.24. The Balaban J connectivity index is 2.11. The number of benzene rings is 1. The summed E-state index contributed by atoms with van der Waals surface area (Å²) in [6.07, 6.45) is 9.16. The molecule has 0 amide bonds. The molecular formula is C21H24BrN3O2. The molecule has 0 unspecified atom stereocenters. The van der Waals surface area contributed by atoms with Crippen molar-refractivity contribution in [3.63, 3.8) is 0 Å². The van der Waals surface area contributed by atoms with Crippen LogP contribution in [-0.2, 0) is 14.1 Å². The molecule has 0 spiro atoms. The number of halogens is 1. The molecule has 5 nitrogen and oxygen atoms in total. The van der Waals surface area contributed by atoms with Gasteiger partial charge in [-0.1, -0.05) is 59.8 Å². The Morgan fingerprint density at radius 1 is 0.963 bits per heavy atom. The van der Waals surface area contributed by atoms with Crippen LogP contribution in [0.4, 0.5) is 0 Å². The van der Waals surface area contributed by atoms with Crippen molar-refractivity contribution in [1.82, 2.24) is 13.7 Å². The van der Waals surface area contributed by atoms with E-state index in [2.05, 4.69) is 20.5 Å². The maximum atomic E-state index is 13.1. The van der Waals surface area contributed by atoms with E-state index in [-0.39, 0.29) is 11.2 Å². The monoisotopic (exact) mass is 429 g/mol. The van der Waals surface area contributed by atoms with E-state index in [9.17, 15) is 9.59 Å². The quantitative estimate of drug-likeness (QED) is 0.568. The minimum atomic E-state index is -0.288. The Morgan fingerprint density at radius 3 is 2.30 bits per heavy atom. The third-order valence-corrected chi connectivity index (χ3v) is 6.50. The molecule has 0 radical (unpaired) electrons. The normalized spacial score (nSPS) is 16.0. The van der Waals surface area contributed by atoms with Gasteiger partial charge in [0.25, 0.3) is 5.56 Å². The minimum absolute atomic E-state index is 0.230. The van der Waals surface area contributed by atoms with Crippen LogP contribution in [0.2, 0.25) is 0 Å². The zero-order valence-corrected chi connectivity index (χ0v) is 17.3. The molecule has 0 saturated heterocycles. The van der Waals surface area contributed by atoms with Crippen LogP contribution in [0.15, 0.2) is 44.5 Å². The van der Waals surface area contributed by atoms with Gasteiger partial charge < -0.3 is 4.57 Å². The largest absolute Gasteiger partial charge is 0.342 e. The summed E-state index contributed by atoms with van der Waals surface area (Å²) in [4.78, 5) is 25.6. The van der Waals surface area contributed by atoms with Gasteiger partial charge in [0.15, 0.2) is 0 Å². The van der Waals surface area contributed by atoms with Crippen LogP contribution in [-0.4, -0.2) is 13.7 Å². The van der Waals surface area contributed by atoms with Crippen molar-refractivity contribution >= 4 is 26.8 Å². The van der Waals surface area contributed by atoms with Crippen molar-refractivity contribution in [2.24, 2.45) is 14.1 Å². The van der Waals surface area contributed by atoms with E-state index in [1.807, 2.05) is 30.5 Å². The molecule has 1 aliphatic rings. The second kappa shape index (κ2) is 7.15. The number of hydrogen-bond donors (Lipinski definition) is 0. The van der Waals surface area contributed by atoms with E-state index in [4.69, 9.17) is 0 Å². The number of hydrogen-bond acceptors (Lipinski definition) is 2. The van der Waals surface area contributed by atoms with Gasteiger partial charge in [0.1, 0.15) is 0 Å². The van der Waals surface area contributed by atoms with Crippen molar-refractivity contribution in [3.8, 4) is 11.3 Å². The third-order valence-electron chi connectivity index (χ3n) is 5.81. The number of fused-ring (bicyclic) bond motifs is 1. The van der Waals surface area contributed by atoms with Crippen LogP contribution >= 0.6 is 15.9 Å². The van der Waals surface area contributed by atoms with Gasteiger partial charge in [0.2, 0.25) is 0 Å². The molecule has 0 bridgehead atoms. The van der Waals surface area contributed by atoms with Crippen LogP contribution in [0, 0.1) is 0 Å². The average molecular weight is 430 g/mol. The molecule has 6 heteroatoms. The SMILES string of the molecule is Cn1c(=O)c2c(-c3ccccc3Br)n(C3CCCCCC3)cc2n(C)c1=O. The highest BCUT2D eigenvalue weighted by atomic mass is 79.9. The minimum Gasteiger partial charge on any atom is -0.342 e.